The van der Waals surface area contributed by atoms with Gasteiger partial charge in [-0.2, -0.15) is 0 Å². The maximum atomic E-state index is 5.46. The second-order valence-corrected chi connectivity index (χ2v) is 5.53. The van der Waals surface area contributed by atoms with Crippen molar-refractivity contribution in [1.82, 2.24) is 14.5 Å². The van der Waals surface area contributed by atoms with Crippen molar-refractivity contribution in [2.45, 2.75) is 13.5 Å². The van der Waals surface area contributed by atoms with E-state index in [-0.39, 0.29) is 0 Å². The third kappa shape index (κ3) is 3.33. The standard InChI is InChI=1S/C18H22N4O2/c1-13-20-15-8-10-22(12-14-6-4-5-7-16(14)24-3)17(15)18(21-13)19-9-11-23-2/h4-8,10H,9,11-12H2,1-3H3,(H,19,20,21). The van der Waals surface area contributed by atoms with Crippen LogP contribution in [0.25, 0.3) is 11.0 Å². The van der Waals surface area contributed by atoms with Gasteiger partial charge in [0, 0.05) is 25.4 Å². The van der Waals surface area contributed by atoms with Gasteiger partial charge in [0.2, 0.25) is 0 Å². The number of benzene rings is 1. The lowest BCUT2D eigenvalue weighted by Crippen LogP contribution is -2.12. The summed E-state index contributed by atoms with van der Waals surface area (Å²) in [6, 6.07) is 10.0. The highest BCUT2D eigenvalue weighted by Crippen LogP contribution is 2.25. The Morgan fingerprint density at radius 3 is 2.75 bits per heavy atom. The van der Waals surface area contributed by atoms with Crippen LogP contribution in [-0.4, -0.2) is 41.9 Å². The van der Waals surface area contributed by atoms with Crippen molar-refractivity contribution >= 4 is 16.9 Å². The highest BCUT2D eigenvalue weighted by atomic mass is 16.5. The van der Waals surface area contributed by atoms with Crippen LogP contribution in [0.15, 0.2) is 36.5 Å². The molecule has 0 saturated carbocycles. The number of ether oxygens (including phenoxy) is 2. The molecule has 24 heavy (non-hydrogen) atoms. The first-order chi connectivity index (χ1) is 11.7. The molecule has 126 valence electrons. The lowest BCUT2D eigenvalue weighted by molar-refractivity contribution is 0.210. The van der Waals surface area contributed by atoms with Crippen LogP contribution in [0, 0.1) is 6.92 Å². The summed E-state index contributed by atoms with van der Waals surface area (Å²) in [5.41, 5.74) is 3.03. The van der Waals surface area contributed by atoms with Crippen LogP contribution in [0.5, 0.6) is 5.75 Å². The number of aryl methyl sites for hydroxylation is 1. The molecular formula is C18H22N4O2. The number of hydrogen-bond donors (Lipinski definition) is 1. The summed E-state index contributed by atoms with van der Waals surface area (Å²) in [5, 5.41) is 3.34. The molecule has 6 heteroatoms. The molecule has 0 aliphatic carbocycles. The Labute approximate surface area is 141 Å². The molecule has 3 rings (SSSR count). The van der Waals surface area contributed by atoms with Crippen molar-refractivity contribution in [2.24, 2.45) is 0 Å². The molecule has 0 radical (unpaired) electrons. The Hall–Kier alpha value is -2.60. The minimum atomic E-state index is 0.623. The maximum absolute atomic E-state index is 5.46. The van der Waals surface area contributed by atoms with E-state index in [0.29, 0.717) is 19.7 Å². The topological polar surface area (TPSA) is 61.2 Å². The predicted molar refractivity (Wildman–Crippen MR) is 94.7 cm³/mol. The van der Waals surface area contributed by atoms with Crippen molar-refractivity contribution in [2.75, 3.05) is 32.7 Å². The zero-order valence-corrected chi connectivity index (χ0v) is 14.2. The average Bonchev–Trinajstić information content (AvgIpc) is 2.98. The van der Waals surface area contributed by atoms with Crippen LogP contribution < -0.4 is 10.1 Å². The van der Waals surface area contributed by atoms with Crippen molar-refractivity contribution in [3.63, 3.8) is 0 Å². The summed E-state index contributed by atoms with van der Waals surface area (Å²) in [7, 11) is 3.38. The molecule has 1 aromatic carbocycles. The quantitative estimate of drug-likeness (QED) is 0.677. The fraction of sp³-hybridized carbons (Fsp3) is 0.333. The first-order valence-electron chi connectivity index (χ1n) is 7.91. The van der Waals surface area contributed by atoms with E-state index in [1.54, 1.807) is 14.2 Å². The number of nitrogens with one attached hydrogen (secondary N) is 1. The Morgan fingerprint density at radius 2 is 1.96 bits per heavy atom. The van der Waals surface area contributed by atoms with Crippen molar-refractivity contribution in [3.8, 4) is 5.75 Å². The minimum Gasteiger partial charge on any atom is -0.496 e. The second kappa shape index (κ2) is 7.31. The number of rotatable bonds is 7. The SMILES string of the molecule is COCCNc1nc(C)nc2ccn(Cc3ccccc3OC)c12. The normalized spacial score (nSPS) is 11.0. The lowest BCUT2D eigenvalue weighted by Gasteiger charge is -2.13. The van der Waals surface area contributed by atoms with Gasteiger partial charge in [0.05, 0.1) is 25.8 Å². The molecule has 0 fully saturated rings. The third-order valence-electron chi connectivity index (χ3n) is 3.85. The molecule has 0 unspecified atom stereocenters. The van der Waals surface area contributed by atoms with Gasteiger partial charge < -0.3 is 19.4 Å². The first kappa shape index (κ1) is 16.3. The fourth-order valence-corrected chi connectivity index (χ4v) is 2.77. The van der Waals surface area contributed by atoms with E-state index >= 15 is 0 Å². The molecule has 0 amide bonds. The molecule has 2 heterocycles. The van der Waals surface area contributed by atoms with Crippen LogP contribution in [0.4, 0.5) is 5.82 Å². The molecule has 0 atom stereocenters. The summed E-state index contributed by atoms with van der Waals surface area (Å²) in [6.45, 7) is 3.91. The van der Waals surface area contributed by atoms with Crippen LogP contribution >= 0.6 is 0 Å². The van der Waals surface area contributed by atoms with Gasteiger partial charge in [0.15, 0.2) is 5.82 Å². The molecule has 1 N–H and O–H groups in total. The minimum absolute atomic E-state index is 0.623. The third-order valence-corrected chi connectivity index (χ3v) is 3.85. The molecule has 3 aromatic rings. The van der Waals surface area contributed by atoms with Gasteiger partial charge in [-0.25, -0.2) is 9.97 Å². The van der Waals surface area contributed by atoms with Crippen molar-refractivity contribution < 1.29 is 9.47 Å². The van der Waals surface area contributed by atoms with Gasteiger partial charge >= 0.3 is 0 Å². The summed E-state index contributed by atoms with van der Waals surface area (Å²) in [6.07, 6.45) is 2.03. The van der Waals surface area contributed by atoms with Gasteiger partial charge in [-0.05, 0) is 19.1 Å². The summed E-state index contributed by atoms with van der Waals surface area (Å²) in [5.74, 6) is 2.45. The molecule has 2 aromatic heterocycles. The molecule has 0 saturated heterocycles. The van der Waals surface area contributed by atoms with Gasteiger partial charge in [0.1, 0.15) is 17.1 Å². The van der Waals surface area contributed by atoms with E-state index < -0.39 is 0 Å². The van der Waals surface area contributed by atoms with E-state index in [1.807, 2.05) is 37.4 Å². The second-order valence-electron chi connectivity index (χ2n) is 5.53. The van der Waals surface area contributed by atoms with E-state index in [2.05, 4.69) is 25.9 Å². The summed E-state index contributed by atoms with van der Waals surface area (Å²) >= 11 is 0. The number of aromatic nitrogens is 3. The molecule has 0 aliphatic heterocycles. The molecular weight excluding hydrogens is 304 g/mol. The fourth-order valence-electron chi connectivity index (χ4n) is 2.77. The zero-order valence-electron chi connectivity index (χ0n) is 14.2. The molecule has 6 nitrogen and oxygen atoms in total. The van der Waals surface area contributed by atoms with Crippen LogP contribution in [-0.2, 0) is 11.3 Å². The Kier molecular flexibility index (Phi) is 4.96. The monoisotopic (exact) mass is 326 g/mol. The van der Waals surface area contributed by atoms with E-state index in [0.717, 1.165) is 34.0 Å². The van der Waals surface area contributed by atoms with E-state index in [1.165, 1.54) is 0 Å². The highest BCUT2D eigenvalue weighted by molar-refractivity contribution is 5.86. The lowest BCUT2D eigenvalue weighted by atomic mass is 10.2. The zero-order chi connectivity index (χ0) is 16.9. The van der Waals surface area contributed by atoms with Gasteiger partial charge in [-0.3, -0.25) is 0 Å². The van der Waals surface area contributed by atoms with Gasteiger partial charge in [-0.15, -0.1) is 0 Å². The summed E-state index contributed by atoms with van der Waals surface area (Å²) in [4.78, 5) is 9.10. The van der Waals surface area contributed by atoms with E-state index in [4.69, 9.17) is 9.47 Å². The first-order valence-corrected chi connectivity index (χ1v) is 7.91. The Balaban J connectivity index is 1.99. The van der Waals surface area contributed by atoms with Crippen molar-refractivity contribution in [1.29, 1.82) is 0 Å². The Morgan fingerprint density at radius 1 is 1.12 bits per heavy atom. The smallest absolute Gasteiger partial charge is 0.154 e. The van der Waals surface area contributed by atoms with Gasteiger partial charge in [0.25, 0.3) is 0 Å². The predicted octanol–water partition coefficient (Wildman–Crippen LogP) is 2.85. The highest BCUT2D eigenvalue weighted by Gasteiger charge is 2.12. The summed E-state index contributed by atoms with van der Waals surface area (Å²) < 4.78 is 12.7. The number of methoxy groups -OCH3 is 2. The van der Waals surface area contributed by atoms with E-state index in [9.17, 15) is 0 Å². The number of hydrogen-bond acceptors (Lipinski definition) is 5. The average molecular weight is 326 g/mol. The molecule has 0 spiro atoms. The largest absolute Gasteiger partial charge is 0.496 e. The van der Waals surface area contributed by atoms with Gasteiger partial charge in [-0.1, -0.05) is 18.2 Å². The number of anilines is 1. The van der Waals surface area contributed by atoms with Crippen LogP contribution in [0.2, 0.25) is 0 Å². The number of fused-ring (bicyclic) bond motifs is 1. The van der Waals surface area contributed by atoms with Crippen LogP contribution in [0.1, 0.15) is 11.4 Å². The maximum Gasteiger partial charge on any atom is 0.154 e. The van der Waals surface area contributed by atoms with Crippen LogP contribution in [0.3, 0.4) is 0 Å². The number of nitrogens with zero attached hydrogens (tertiary/aromatic N) is 3. The molecule has 0 bridgehead atoms. The van der Waals surface area contributed by atoms with Crippen molar-refractivity contribution in [3.05, 3.63) is 47.9 Å². The Bertz CT molecular complexity index is 829. The number of para-hydroxylation sites is 1. The molecule has 0 aliphatic rings.